The third-order valence-corrected chi connectivity index (χ3v) is 12.8. The van der Waals surface area contributed by atoms with E-state index in [-0.39, 0.29) is 35.1 Å². The Kier molecular flexibility index (Phi) is 6.82. The molecule has 0 radical (unpaired) electrons. The van der Waals surface area contributed by atoms with Crippen LogP contribution in [0, 0.1) is 0 Å². The van der Waals surface area contributed by atoms with E-state index in [1.807, 2.05) is 42.5 Å². The van der Waals surface area contributed by atoms with Gasteiger partial charge in [0.2, 0.25) is 0 Å². The van der Waals surface area contributed by atoms with Gasteiger partial charge < -0.3 is 9.32 Å². The molecule has 11 aromatic rings. The lowest BCUT2D eigenvalue weighted by Gasteiger charge is -2.28. The Labute approximate surface area is 362 Å². The SMILES string of the molecule is [2H]c1c([2H])c([2H])c(-c2ccc(-c3ccc(N(c4ccc(-c5ccccc5)cc4)c4ccc5c(c4)C(C)(C)c4ccccc4-5)cc3)c3oc4c5ccccc5c5ccccc5c4c23)c([2H])c1[2H]. The molecule has 2 heteroatoms. The Balaban J connectivity index is 1.06. The Morgan fingerprint density at radius 3 is 1.67 bits per heavy atom. The fourth-order valence-corrected chi connectivity index (χ4v) is 9.82. The van der Waals surface area contributed by atoms with Crippen LogP contribution in [0.2, 0.25) is 0 Å². The van der Waals surface area contributed by atoms with Gasteiger partial charge in [0.25, 0.3) is 0 Å². The first-order chi connectivity index (χ1) is 32.1. The van der Waals surface area contributed by atoms with Crippen molar-refractivity contribution in [3.63, 3.8) is 0 Å². The third kappa shape index (κ3) is 5.49. The van der Waals surface area contributed by atoms with E-state index in [4.69, 9.17) is 11.3 Å². The van der Waals surface area contributed by atoms with E-state index in [0.29, 0.717) is 22.1 Å². The number of nitrogens with zero attached hydrogens (tertiary/aromatic N) is 1. The average Bonchev–Trinajstić information content (AvgIpc) is 3.87. The van der Waals surface area contributed by atoms with Crippen LogP contribution in [0.15, 0.2) is 217 Å². The largest absolute Gasteiger partial charge is 0.455 e. The topological polar surface area (TPSA) is 16.4 Å². The fourth-order valence-electron chi connectivity index (χ4n) is 9.82. The van der Waals surface area contributed by atoms with Gasteiger partial charge in [-0.25, -0.2) is 0 Å². The Morgan fingerprint density at radius 1 is 0.393 bits per heavy atom. The molecule has 1 aromatic heterocycles. The lowest BCUT2D eigenvalue weighted by atomic mass is 9.82. The average molecular weight is 785 g/mol. The van der Waals surface area contributed by atoms with Crippen LogP contribution in [0.25, 0.3) is 88.0 Å². The lowest BCUT2D eigenvalue weighted by molar-refractivity contribution is 0.660. The summed E-state index contributed by atoms with van der Waals surface area (Å²) in [6.07, 6.45) is 0. The second kappa shape index (κ2) is 13.7. The molecule has 0 fully saturated rings. The van der Waals surface area contributed by atoms with E-state index in [0.717, 1.165) is 66.2 Å². The molecule has 0 amide bonds. The maximum absolute atomic E-state index is 9.07. The quantitative estimate of drug-likeness (QED) is 0.156. The molecule has 0 aliphatic heterocycles. The minimum absolute atomic E-state index is 0.141. The van der Waals surface area contributed by atoms with Crippen LogP contribution in [0.1, 0.15) is 31.8 Å². The van der Waals surface area contributed by atoms with Crippen LogP contribution in [0.4, 0.5) is 17.1 Å². The molecule has 2 nitrogen and oxygen atoms in total. The summed E-state index contributed by atoms with van der Waals surface area (Å²) in [5.41, 5.74) is 14.0. The van der Waals surface area contributed by atoms with Crippen LogP contribution < -0.4 is 4.90 Å². The molecule has 12 rings (SSSR count). The van der Waals surface area contributed by atoms with E-state index < -0.39 is 6.04 Å². The summed E-state index contributed by atoms with van der Waals surface area (Å²) in [6.45, 7) is 4.62. The van der Waals surface area contributed by atoms with Gasteiger partial charge in [-0.05, 0) is 109 Å². The van der Waals surface area contributed by atoms with Crippen LogP contribution in [0.5, 0.6) is 0 Å². The summed E-state index contributed by atoms with van der Waals surface area (Å²) < 4.78 is 50.8. The van der Waals surface area contributed by atoms with E-state index >= 15 is 0 Å². The van der Waals surface area contributed by atoms with Crippen molar-refractivity contribution in [2.24, 2.45) is 0 Å². The first-order valence-corrected chi connectivity index (χ1v) is 20.8. The molecule has 0 unspecified atom stereocenters. The number of hydrogen-bond donors (Lipinski definition) is 0. The summed E-state index contributed by atoms with van der Waals surface area (Å²) in [4.78, 5) is 2.31. The van der Waals surface area contributed by atoms with Crippen molar-refractivity contribution in [3.05, 3.63) is 223 Å². The van der Waals surface area contributed by atoms with Gasteiger partial charge in [0.1, 0.15) is 11.2 Å². The van der Waals surface area contributed by atoms with Crippen LogP contribution in [-0.4, -0.2) is 0 Å². The number of furan rings is 1. The standard InChI is InChI=1S/C59H41NO/c1-59(2)53-24-14-13-21-49(53)50-34-33-44(37-54(50)59)60(42-29-25-39(26-30-42)38-15-5-3-6-16-38)43-31-27-41(28-32-43)46-36-35-45(40-17-7-4-8-18-40)55-56-51-22-11-9-19-47(51)48-20-10-12-23-52(48)58(56)61-57(46)55/h3-37H,1-2H3/i4D,7D,8D,17D,18D. The Morgan fingerprint density at radius 2 is 0.934 bits per heavy atom. The van der Waals surface area contributed by atoms with Crippen molar-refractivity contribution in [3.8, 4) is 44.5 Å². The van der Waals surface area contributed by atoms with E-state index in [2.05, 4.69) is 158 Å². The van der Waals surface area contributed by atoms with E-state index in [9.17, 15) is 0 Å². The normalized spacial score (nSPS) is 14.0. The molecule has 1 aliphatic rings. The second-order valence-electron chi connectivity index (χ2n) is 16.5. The number of hydrogen-bond acceptors (Lipinski definition) is 2. The highest BCUT2D eigenvalue weighted by atomic mass is 16.3. The molecule has 0 spiro atoms. The number of fused-ring (bicyclic) bond motifs is 11. The molecule has 0 saturated heterocycles. The van der Waals surface area contributed by atoms with Gasteiger partial charge in [-0.3, -0.25) is 0 Å². The molecular weight excluding hydrogens is 739 g/mol. The molecule has 1 heterocycles. The fraction of sp³-hybridized carbons (Fsp3) is 0.0508. The summed E-state index contributed by atoms with van der Waals surface area (Å²) >= 11 is 0. The van der Waals surface area contributed by atoms with Crippen LogP contribution in [0.3, 0.4) is 0 Å². The zero-order valence-electron chi connectivity index (χ0n) is 38.7. The molecule has 288 valence electrons. The minimum Gasteiger partial charge on any atom is -0.455 e. The molecule has 0 N–H and O–H groups in total. The molecule has 0 atom stereocenters. The lowest BCUT2D eigenvalue weighted by Crippen LogP contribution is -2.16. The van der Waals surface area contributed by atoms with Gasteiger partial charge in [-0.2, -0.15) is 0 Å². The zero-order chi connectivity index (χ0) is 45.0. The zero-order valence-corrected chi connectivity index (χ0v) is 33.7. The molecule has 10 aromatic carbocycles. The number of benzene rings is 10. The third-order valence-electron chi connectivity index (χ3n) is 12.8. The van der Waals surface area contributed by atoms with Gasteiger partial charge in [-0.1, -0.05) is 184 Å². The van der Waals surface area contributed by atoms with Crippen molar-refractivity contribution in [1.29, 1.82) is 0 Å². The van der Waals surface area contributed by atoms with Gasteiger partial charge in [-0.15, -0.1) is 0 Å². The van der Waals surface area contributed by atoms with Crippen LogP contribution >= 0.6 is 0 Å². The maximum atomic E-state index is 9.07. The molecule has 61 heavy (non-hydrogen) atoms. The van der Waals surface area contributed by atoms with Crippen molar-refractivity contribution >= 4 is 60.5 Å². The molecule has 0 saturated carbocycles. The highest BCUT2D eigenvalue weighted by Crippen LogP contribution is 2.51. The van der Waals surface area contributed by atoms with Crippen molar-refractivity contribution < 1.29 is 11.3 Å². The van der Waals surface area contributed by atoms with Crippen molar-refractivity contribution in [1.82, 2.24) is 0 Å². The van der Waals surface area contributed by atoms with Crippen molar-refractivity contribution in [2.45, 2.75) is 19.3 Å². The monoisotopic (exact) mass is 784 g/mol. The minimum atomic E-state index is -0.426. The number of rotatable bonds is 6. The van der Waals surface area contributed by atoms with Gasteiger partial charge in [0.15, 0.2) is 0 Å². The first kappa shape index (κ1) is 30.4. The summed E-state index contributed by atoms with van der Waals surface area (Å²) in [5, 5.41) is 5.53. The summed E-state index contributed by atoms with van der Waals surface area (Å²) in [6, 6.07) is 61.8. The first-order valence-electron chi connectivity index (χ1n) is 23.3. The Bertz CT molecular complexity index is 3750. The maximum Gasteiger partial charge on any atom is 0.143 e. The highest BCUT2D eigenvalue weighted by molar-refractivity contribution is 6.33. The van der Waals surface area contributed by atoms with E-state index in [1.54, 1.807) is 0 Å². The summed E-state index contributed by atoms with van der Waals surface area (Å²) in [7, 11) is 0. The van der Waals surface area contributed by atoms with E-state index in [1.165, 1.54) is 22.3 Å². The molecular formula is C59H41NO. The van der Waals surface area contributed by atoms with Crippen molar-refractivity contribution in [2.75, 3.05) is 4.90 Å². The molecule has 1 aliphatic carbocycles. The predicted octanol–water partition coefficient (Wildman–Crippen LogP) is 16.7. The van der Waals surface area contributed by atoms with Gasteiger partial charge in [0.05, 0.1) is 6.85 Å². The smallest absolute Gasteiger partial charge is 0.143 e. The van der Waals surface area contributed by atoms with Gasteiger partial charge >= 0.3 is 0 Å². The van der Waals surface area contributed by atoms with Crippen LogP contribution in [-0.2, 0) is 5.41 Å². The second-order valence-corrected chi connectivity index (χ2v) is 16.5. The number of anilines is 3. The molecule has 0 bridgehead atoms. The summed E-state index contributed by atoms with van der Waals surface area (Å²) in [5.74, 6) is 0. The predicted molar refractivity (Wildman–Crippen MR) is 257 cm³/mol. The highest BCUT2D eigenvalue weighted by Gasteiger charge is 2.35. The van der Waals surface area contributed by atoms with Gasteiger partial charge in [0, 0.05) is 44.2 Å². The Hall–Kier alpha value is -7.68.